The zero-order valence-electron chi connectivity index (χ0n) is 9.06. The molecule has 1 aliphatic rings. The second-order valence-electron chi connectivity index (χ2n) is 3.95. The molecule has 0 saturated carbocycles. The molecule has 1 aromatic heterocycles. The number of hydrogen-bond acceptors (Lipinski definition) is 1. The first-order valence-electron chi connectivity index (χ1n) is 5.02. The number of halogens is 1. The Morgan fingerprint density at radius 3 is 2.73 bits per heavy atom. The van der Waals surface area contributed by atoms with E-state index in [-0.39, 0.29) is 30.0 Å². The molecular weight excluding hydrogens is 305 g/mol. The highest BCUT2D eigenvalue weighted by Crippen LogP contribution is 2.17. The Morgan fingerprint density at radius 2 is 2.27 bits per heavy atom. The predicted octanol–water partition coefficient (Wildman–Crippen LogP) is -2.23. The Hall–Kier alpha value is -0.590. The van der Waals surface area contributed by atoms with Gasteiger partial charge in [0.25, 0.3) is 6.33 Å². The zero-order valence-corrected chi connectivity index (χ0v) is 11.2. The SMILES string of the molecule is CC1CCCN1C(=O)n1cc[n+](C)c1.[I-]. The number of likely N-dealkylation sites (tertiary alicyclic amines) is 1. The molecule has 0 aromatic carbocycles. The summed E-state index contributed by atoms with van der Waals surface area (Å²) in [4.78, 5) is 13.9. The van der Waals surface area contributed by atoms with Crippen LogP contribution in [0.2, 0.25) is 0 Å². The second kappa shape index (κ2) is 4.96. The minimum atomic E-state index is 0. The van der Waals surface area contributed by atoms with Crippen LogP contribution in [0.4, 0.5) is 4.79 Å². The van der Waals surface area contributed by atoms with Crippen molar-refractivity contribution in [2.75, 3.05) is 6.54 Å². The molecule has 1 amide bonds. The lowest BCUT2D eigenvalue weighted by Crippen LogP contribution is -3.00. The monoisotopic (exact) mass is 321 g/mol. The van der Waals surface area contributed by atoms with Gasteiger partial charge < -0.3 is 28.9 Å². The van der Waals surface area contributed by atoms with E-state index >= 15 is 0 Å². The topological polar surface area (TPSA) is 29.1 Å². The Kier molecular flexibility index (Phi) is 4.12. The van der Waals surface area contributed by atoms with E-state index in [4.69, 9.17) is 0 Å². The fraction of sp³-hybridized carbons (Fsp3) is 0.600. The molecule has 0 N–H and O–H groups in total. The van der Waals surface area contributed by atoms with Gasteiger partial charge >= 0.3 is 6.03 Å². The van der Waals surface area contributed by atoms with Crippen LogP contribution in [-0.4, -0.2) is 28.1 Å². The molecule has 2 rings (SSSR count). The maximum absolute atomic E-state index is 11.9. The number of carbonyl (C=O) groups is 1. The second-order valence-corrected chi connectivity index (χ2v) is 3.95. The maximum Gasteiger partial charge on any atom is 0.416 e. The third kappa shape index (κ3) is 2.50. The fourth-order valence-electron chi connectivity index (χ4n) is 1.93. The molecule has 1 aromatic rings. The van der Waals surface area contributed by atoms with Gasteiger partial charge in [0.1, 0.15) is 12.4 Å². The van der Waals surface area contributed by atoms with Crippen LogP contribution in [0.25, 0.3) is 0 Å². The van der Waals surface area contributed by atoms with Gasteiger partial charge in [-0.1, -0.05) is 0 Å². The molecule has 0 bridgehead atoms. The number of aromatic nitrogens is 2. The van der Waals surface area contributed by atoms with Gasteiger partial charge in [0, 0.05) is 12.6 Å². The maximum atomic E-state index is 11.9. The summed E-state index contributed by atoms with van der Waals surface area (Å²) in [6.07, 6.45) is 7.72. The number of nitrogens with zero attached hydrogens (tertiary/aromatic N) is 3. The van der Waals surface area contributed by atoms with Crippen molar-refractivity contribution in [3.05, 3.63) is 18.7 Å². The third-order valence-electron chi connectivity index (χ3n) is 2.79. The Bertz CT molecular complexity index is 350. The number of aryl methyl sites for hydroxylation is 1. The van der Waals surface area contributed by atoms with Gasteiger partial charge in [-0.3, -0.25) is 0 Å². The number of carbonyl (C=O) groups excluding carboxylic acids is 1. The predicted molar refractivity (Wildman–Crippen MR) is 51.8 cm³/mol. The standard InChI is InChI=1S/C10H16N3O.HI/c1-9-4-3-5-13(9)10(14)12-7-6-11(2)8-12;/h6-9H,3-5H2,1-2H3;1H/q+1;/p-1. The lowest BCUT2D eigenvalue weighted by atomic mass is 10.2. The van der Waals surface area contributed by atoms with Crippen LogP contribution in [-0.2, 0) is 7.05 Å². The van der Waals surface area contributed by atoms with Crippen LogP contribution in [0.15, 0.2) is 18.7 Å². The van der Waals surface area contributed by atoms with Gasteiger partial charge in [0.05, 0.1) is 7.05 Å². The molecule has 1 saturated heterocycles. The summed E-state index contributed by atoms with van der Waals surface area (Å²) in [6.45, 7) is 3.00. The van der Waals surface area contributed by atoms with E-state index in [1.165, 1.54) is 0 Å². The highest BCUT2D eigenvalue weighted by Gasteiger charge is 2.29. The lowest BCUT2D eigenvalue weighted by molar-refractivity contribution is -0.670. The van der Waals surface area contributed by atoms with Gasteiger partial charge in [0.2, 0.25) is 0 Å². The minimum absolute atomic E-state index is 0. The largest absolute Gasteiger partial charge is 1.00 e. The molecular formula is C10H16IN3O. The number of amides is 1. The average molecular weight is 321 g/mol. The average Bonchev–Trinajstić information content (AvgIpc) is 2.73. The van der Waals surface area contributed by atoms with E-state index in [1.807, 2.05) is 22.7 Å². The number of rotatable bonds is 0. The molecule has 2 heterocycles. The van der Waals surface area contributed by atoms with Crippen molar-refractivity contribution in [2.45, 2.75) is 25.8 Å². The van der Waals surface area contributed by atoms with Crippen LogP contribution in [0.1, 0.15) is 19.8 Å². The van der Waals surface area contributed by atoms with E-state index in [0.717, 1.165) is 19.4 Å². The van der Waals surface area contributed by atoms with Crippen LogP contribution in [0.5, 0.6) is 0 Å². The summed E-state index contributed by atoms with van der Waals surface area (Å²) in [6, 6.07) is 0.478. The Balaban J connectivity index is 0.00000112. The first-order chi connectivity index (χ1) is 6.68. The van der Waals surface area contributed by atoms with Gasteiger partial charge in [0.15, 0.2) is 0 Å². The van der Waals surface area contributed by atoms with Gasteiger partial charge in [-0.05, 0) is 19.8 Å². The first kappa shape index (κ1) is 12.5. The molecule has 1 atom stereocenters. The number of imidazole rings is 1. The van der Waals surface area contributed by atoms with E-state index in [2.05, 4.69) is 6.92 Å². The van der Waals surface area contributed by atoms with Crippen LogP contribution in [0, 0.1) is 0 Å². The molecule has 1 aliphatic heterocycles. The molecule has 5 heteroatoms. The molecule has 0 aliphatic carbocycles. The Labute approximate surface area is 107 Å². The minimum Gasteiger partial charge on any atom is -1.00 e. The fourth-order valence-corrected chi connectivity index (χ4v) is 1.93. The molecule has 1 fully saturated rings. The van der Waals surface area contributed by atoms with E-state index in [0.29, 0.717) is 6.04 Å². The molecule has 4 nitrogen and oxygen atoms in total. The van der Waals surface area contributed by atoms with Crippen molar-refractivity contribution in [1.82, 2.24) is 9.47 Å². The lowest BCUT2D eigenvalue weighted by Gasteiger charge is -2.17. The smallest absolute Gasteiger partial charge is 0.416 e. The summed E-state index contributed by atoms with van der Waals surface area (Å²) in [5, 5.41) is 0. The molecule has 84 valence electrons. The normalized spacial score (nSPS) is 20.1. The summed E-state index contributed by atoms with van der Waals surface area (Å²) in [7, 11) is 1.91. The summed E-state index contributed by atoms with van der Waals surface area (Å²) in [5.74, 6) is 0. The highest BCUT2D eigenvalue weighted by atomic mass is 127. The van der Waals surface area contributed by atoms with Crippen molar-refractivity contribution in [3.63, 3.8) is 0 Å². The van der Waals surface area contributed by atoms with Gasteiger partial charge in [-0.25, -0.2) is 9.36 Å². The van der Waals surface area contributed by atoms with E-state index in [9.17, 15) is 4.79 Å². The molecule has 1 unspecified atom stereocenters. The van der Waals surface area contributed by atoms with Crippen molar-refractivity contribution >= 4 is 6.03 Å². The highest BCUT2D eigenvalue weighted by molar-refractivity contribution is 5.77. The van der Waals surface area contributed by atoms with E-state index in [1.54, 1.807) is 17.1 Å². The summed E-state index contributed by atoms with van der Waals surface area (Å²) in [5.41, 5.74) is 0. The van der Waals surface area contributed by atoms with Gasteiger partial charge in [-0.2, -0.15) is 4.57 Å². The zero-order chi connectivity index (χ0) is 10.1. The Morgan fingerprint density at radius 1 is 1.53 bits per heavy atom. The van der Waals surface area contributed by atoms with E-state index < -0.39 is 0 Å². The molecule has 15 heavy (non-hydrogen) atoms. The van der Waals surface area contributed by atoms with Crippen molar-refractivity contribution < 1.29 is 33.3 Å². The molecule has 0 spiro atoms. The number of hydrogen-bond donors (Lipinski definition) is 0. The third-order valence-corrected chi connectivity index (χ3v) is 2.79. The van der Waals surface area contributed by atoms with Crippen LogP contribution >= 0.6 is 0 Å². The quantitative estimate of drug-likeness (QED) is 0.393. The summed E-state index contributed by atoms with van der Waals surface area (Å²) >= 11 is 0. The van der Waals surface area contributed by atoms with Crippen molar-refractivity contribution in [2.24, 2.45) is 7.05 Å². The van der Waals surface area contributed by atoms with Crippen LogP contribution in [0.3, 0.4) is 0 Å². The van der Waals surface area contributed by atoms with Crippen molar-refractivity contribution in [3.8, 4) is 0 Å². The van der Waals surface area contributed by atoms with Gasteiger partial charge in [-0.15, -0.1) is 0 Å². The molecule has 0 radical (unpaired) electrons. The van der Waals surface area contributed by atoms with Crippen molar-refractivity contribution in [1.29, 1.82) is 0 Å². The van der Waals surface area contributed by atoms with Crippen LogP contribution < -0.4 is 28.5 Å². The first-order valence-corrected chi connectivity index (χ1v) is 5.02. The summed E-state index contributed by atoms with van der Waals surface area (Å²) < 4.78 is 3.51.